The number of hydrogen-bond acceptors (Lipinski definition) is 3. The maximum Gasteiger partial charge on any atom is 0.261 e. The molecule has 1 N–H and O–H groups in total. The van der Waals surface area contributed by atoms with Gasteiger partial charge >= 0.3 is 0 Å². The summed E-state index contributed by atoms with van der Waals surface area (Å²) in [6.07, 6.45) is 0.399. The van der Waals surface area contributed by atoms with Crippen LogP contribution in [0.4, 0.5) is 0 Å². The Morgan fingerprint density at radius 1 is 0.895 bits per heavy atom. The molecule has 6 heteroatoms. The lowest BCUT2D eigenvalue weighted by Gasteiger charge is -2.32. The van der Waals surface area contributed by atoms with Crippen LogP contribution in [-0.2, 0) is 22.6 Å². The van der Waals surface area contributed by atoms with Crippen LogP contribution in [0, 0.1) is 6.92 Å². The Bertz CT molecular complexity index is 1400. The predicted octanol–water partition coefficient (Wildman–Crippen LogP) is 6.45. The Morgan fingerprint density at radius 2 is 1.58 bits per heavy atom. The third-order valence-corrected chi connectivity index (χ3v) is 7.30. The number of carbonyl (C=O) groups is 2. The predicted molar refractivity (Wildman–Crippen MR) is 156 cm³/mol. The Kier molecular flexibility index (Phi) is 9.19. The molecule has 1 atom stereocenters. The van der Waals surface area contributed by atoms with Gasteiger partial charge in [-0.3, -0.25) is 9.59 Å². The first-order chi connectivity index (χ1) is 18.3. The van der Waals surface area contributed by atoms with Gasteiger partial charge in [0, 0.05) is 19.0 Å². The van der Waals surface area contributed by atoms with E-state index in [1.807, 2.05) is 112 Å². The molecule has 196 valence electrons. The summed E-state index contributed by atoms with van der Waals surface area (Å²) in [5, 5.41) is 5.10. The molecule has 0 saturated carbocycles. The van der Waals surface area contributed by atoms with Crippen molar-refractivity contribution < 1.29 is 14.3 Å². The van der Waals surface area contributed by atoms with Crippen LogP contribution in [-0.4, -0.2) is 35.4 Å². The van der Waals surface area contributed by atoms with E-state index in [1.165, 1.54) is 0 Å². The summed E-state index contributed by atoms with van der Waals surface area (Å²) in [6.45, 7) is 5.97. The largest absolute Gasteiger partial charge is 0.483 e. The van der Waals surface area contributed by atoms with Crippen LogP contribution >= 0.6 is 15.9 Å². The van der Waals surface area contributed by atoms with E-state index < -0.39 is 6.04 Å². The number of ether oxygens (including phenoxy) is 1. The van der Waals surface area contributed by atoms with E-state index in [1.54, 1.807) is 4.90 Å². The fourth-order valence-corrected chi connectivity index (χ4v) is 5.06. The van der Waals surface area contributed by atoms with Crippen molar-refractivity contribution in [1.29, 1.82) is 0 Å². The molecule has 0 aliphatic carbocycles. The number of rotatable bonds is 10. The fourth-order valence-electron chi connectivity index (χ4n) is 4.45. The fraction of sp³-hybridized carbons (Fsp3) is 0.250. The van der Waals surface area contributed by atoms with Gasteiger partial charge in [0.15, 0.2) is 6.61 Å². The number of halogens is 1. The van der Waals surface area contributed by atoms with Crippen molar-refractivity contribution in [3.63, 3.8) is 0 Å². The number of carbonyl (C=O) groups excluding carboxylic acids is 2. The summed E-state index contributed by atoms with van der Waals surface area (Å²) in [4.78, 5) is 29.0. The molecular formula is C32H33BrN2O3. The zero-order valence-corrected chi connectivity index (χ0v) is 23.6. The van der Waals surface area contributed by atoms with Crippen molar-refractivity contribution in [3.05, 3.63) is 112 Å². The minimum atomic E-state index is -0.699. The standard InChI is InChI=1S/C32H33BrN2O3/c1-22(2)34-32(37)28(19-24-12-5-4-6-13-24)35(20-26-15-8-7-11-23(26)3)30(36)21-38-29-18-17-25-14-9-10-16-27(25)31(29)33/h4-18,22,28H,19-21H2,1-3H3,(H,34,37)/t28-/m0/s1. The summed E-state index contributed by atoms with van der Waals surface area (Å²) in [7, 11) is 0. The Labute approximate surface area is 232 Å². The number of amides is 2. The van der Waals surface area contributed by atoms with Crippen molar-refractivity contribution in [2.75, 3.05) is 6.61 Å². The van der Waals surface area contributed by atoms with Crippen molar-refractivity contribution in [2.45, 2.75) is 45.8 Å². The molecule has 4 aromatic carbocycles. The molecular weight excluding hydrogens is 540 g/mol. The molecule has 0 aliphatic rings. The van der Waals surface area contributed by atoms with E-state index in [9.17, 15) is 9.59 Å². The summed E-state index contributed by atoms with van der Waals surface area (Å²) in [6, 6.07) is 28.8. The van der Waals surface area contributed by atoms with Gasteiger partial charge < -0.3 is 15.0 Å². The monoisotopic (exact) mass is 572 g/mol. The first kappa shape index (κ1) is 27.4. The van der Waals surface area contributed by atoms with Crippen LogP contribution in [0.3, 0.4) is 0 Å². The average molecular weight is 574 g/mol. The van der Waals surface area contributed by atoms with Gasteiger partial charge in [0.05, 0.1) is 4.47 Å². The van der Waals surface area contributed by atoms with E-state index in [0.29, 0.717) is 18.7 Å². The topological polar surface area (TPSA) is 58.6 Å². The van der Waals surface area contributed by atoms with Crippen molar-refractivity contribution in [3.8, 4) is 5.75 Å². The van der Waals surface area contributed by atoms with Gasteiger partial charge in [0.2, 0.25) is 5.91 Å². The number of nitrogens with zero attached hydrogens (tertiary/aromatic N) is 1. The molecule has 5 nitrogen and oxygen atoms in total. The third kappa shape index (κ3) is 6.81. The van der Waals surface area contributed by atoms with E-state index in [-0.39, 0.29) is 24.5 Å². The van der Waals surface area contributed by atoms with E-state index >= 15 is 0 Å². The number of hydrogen-bond donors (Lipinski definition) is 1. The van der Waals surface area contributed by atoms with E-state index in [4.69, 9.17) is 4.74 Å². The lowest BCUT2D eigenvalue weighted by Crippen LogP contribution is -2.52. The van der Waals surface area contributed by atoms with Gasteiger partial charge in [0.1, 0.15) is 11.8 Å². The van der Waals surface area contributed by atoms with Gasteiger partial charge in [-0.25, -0.2) is 0 Å². The Balaban J connectivity index is 1.65. The maximum absolute atomic E-state index is 13.8. The van der Waals surface area contributed by atoms with Crippen LogP contribution in [0.15, 0.2) is 95.5 Å². The number of benzene rings is 4. The van der Waals surface area contributed by atoms with Crippen LogP contribution in [0.25, 0.3) is 10.8 Å². The number of fused-ring (bicyclic) bond motifs is 1. The lowest BCUT2D eigenvalue weighted by atomic mass is 10.0. The van der Waals surface area contributed by atoms with Crippen LogP contribution < -0.4 is 10.1 Å². The van der Waals surface area contributed by atoms with Gasteiger partial charge in [0.25, 0.3) is 5.91 Å². The zero-order chi connectivity index (χ0) is 27.1. The average Bonchev–Trinajstić information content (AvgIpc) is 2.91. The van der Waals surface area contributed by atoms with Crippen molar-refractivity contribution >= 4 is 38.5 Å². The molecule has 0 heterocycles. The molecule has 0 aromatic heterocycles. The molecule has 4 aromatic rings. The van der Waals surface area contributed by atoms with Gasteiger partial charge in [-0.05, 0) is 70.2 Å². The maximum atomic E-state index is 13.8. The Hall–Kier alpha value is -3.64. The highest BCUT2D eigenvalue weighted by atomic mass is 79.9. The summed E-state index contributed by atoms with van der Waals surface area (Å²) in [5.74, 6) is 0.143. The second-order valence-corrected chi connectivity index (χ2v) is 10.5. The molecule has 0 radical (unpaired) electrons. The molecule has 0 unspecified atom stereocenters. The van der Waals surface area contributed by atoms with Crippen molar-refractivity contribution in [1.82, 2.24) is 10.2 Å². The molecule has 0 spiro atoms. The van der Waals surface area contributed by atoms with Gasteiger partial charge in [-0.1, -0.05) is 84.9 Å². The zero-order valence-electron chi connectivity index (χ0n) is 22.0. The highest BCUT2D eigenvalue weighted by Gasteiger charge is 2.31. The molecule has 0 bridgehead atoms. The molecule has 0 fully saturated rings. The summed E-state index contributed by atoms with van der Waals surface area (Å²) in [5.41, 5.74) is 3.03. The second-order valence-electron chi connectivity index (χ2n) is 9.70. The summed E-state index contributed by atoms with van der Waals surface area (Å²) >= 11 is 3.64. The summed E-state index contributed by atoms with van der Waals surface area (Å²) < 4.78 is 6.85. The van der Waals surface area contributed by atoms with Crippen molar-refractivity contribution in [2.24, 2.45) is 0 Å². The molecule has 0 aliphatic heterocycles. The minimum absolute atomic E-state index is 0.0546. The minimum Gasteiger partial charge on any atom is -0.483 e. The van der Waals surface area contributed by atoms with E-state index in [2.05, 4.69) is 21.2 Å². The molecule has 4 rings (SSSR count). The Morgan fingerprint density at radius 3 is 2.32 bits per heavy atom. The van der Waals surface area contributed by atoms with Gasteiger partial charge in [-0.2, -0.15) is 0 Å². The first-order valence-electron chi connectivity index (χ1n) is 12.8. The van der Waals surface area contributed by atoms with E-state index in [0.717, 1.165) is 31.9 Å². The van der Waals surface area contributed by atoms with Crippen LogP contribution in [0.5, 0.6) is 5.75 Å². The lowest BCUT2D eigenvalue weighted by molar-refractivity contribution is -0.143. The smallest absolute Gasteiger partial charge is 0.261 e. The molecule has 0 saturated heterocycles. The second kappa shape index (κ2) is 12.7. The van der Waals surface area contributed by atoms with Gasteiger partial charge in [-0.15, -0.1) is 0 Å². The first-order valence-corrected chi connectivity index (χ1v) is 13.6. The van der Waals surface area contributed by atoms with Crippen LogP contribution in [0.1, 0.15) is 30.5 Å². The third-order valence-electron chi connectivity index (χ3n) is 6.48. The SMILES string of the molecule is Cc1ccccc1CN(C(=O)COc1ccc2ccccc2c1Br)[C@@H](Cc1ccccc1)C(=O)NC(C)C. The van der Waals surface area contributed by atoms with Crippen LogP contribution in [0.2, 0.25) is 0 Å². The highest BCUT2D eigenvalue weighted by molar-refractivity contribution is 9.10. The molecule has 38 heavy (non-hydrogen) atoms. The quantitative estimate of drug-likeness (QED) is 0.237. The molecule has 2 amide bonds. The highest BCUT2D eigenvalue weighted by Crippen LogP contribution is 2.33. The number of nitrogens with one attached hydrogen (secondary N) is 1. The number of aryl methyl sites for hydroxylation is 1. The normalized spacial score (nSPS) is 11.8.